The third-order valence-corrected chi connectivity index (χ3v) is 2.76. The van der Waals surface area contributed by atoms with Crippen molar-refractivity contribution in [3.8, 4) is 0 Å². The highest BCUT2D eigenvalue weighted by Crippen LogP contribution is 2.07. The molecule has 0 aliphatic heterocycles. The summed E-state index contributed by atoms with van der Waals surface area (Å²) in [6, 6.07) is 7.15. The topological polar surface area (TPSA) is 93.4 Å². The first-order chi connectivity index (χ1) is 9.65. The first-order valence-corrected chi connectivity index (χ1v) is 6.49. The molecule has 1 aromatic rings. The van der Waals surface area contributed by atoms with Crippen LogP contribution in [0.25, 0.3) is 0 Å². The van der Waals surface area contributed by atoms with Crippen molar-refractivity contribution in [2.24, 2.45) is 5.73 Å². The van der Waals surface area contributed by atoms with Gasteiger partial charge in [-0.05, 0) is 11.6 Å². The van der Waals surface area contributed by atoms with Gasteiger partial charge in [0.05, 0.1) is 6.61 Å². The van der Waals surface area contributed by atoms with Gasteiger partial charge in [0.25, 0.3) is 0 Å². The predicted molar refractivity (Wildman–Crippen MR) is 76.2 cm³/mol. The first kappa shape index (κ1) is 16.1. The zero-order chi connectivity index (χ0) is 14.8. The van der Waals surface area contributed by atoms with E-state index in [1.54, 1.807) is 19.2 Å². The number of hydrogen-bond acceptors (Lipinski definition) is 4. The van der Waals surface area contributed by atoms with Crippen LogP contribution >= 0.6 is 0 Å². The van der Waals surface area contributed by atoms with Crippen LogP contribution in [0.3, 0.4) is 0 Å². The Balaban J connectivity index is 2.28. The summed E-state index contributed by atoms with van der Waals surface area (Å²) in [6.07, 6.45) is 0.377. The van der Waals surface area contributed by atoms with E-state index in [0.717, 1.165) is 5.56 Å². The SMILES string of the molecule is COCCNC(=O)CCNCc1ccccc1C(N)=O. The molecule has 2 amide bonds. The van der Waals surface area contributed by atoms with Gasteiger partial charge in [-0.25, -0.2) is 0 Å². The average Bonchev–Trinajstić information content (AvgIpc) is 2.44. The Labute approximate surface area is 118 Å². The molecule has 1 aromatic carbocycles. The Hall–Kier alpha value is -1.92. The Bertz CT molecular complexity index is 449. The summed E-state index contributed by atoms with van der Waals surface area (Å²) in [5, 5.41) is 5.85. The lowest BCUT2D eigenvalue weighted by atomic mass is 10.1. The van der Waals surface area contributed by atoms with Gasteiger partial charge < -0.3 is 21.1 Å². The number of primary amides is 1. The van der Waals surface area contributed by atoms with Gasteiger partial charge in [-0.3, -0.25) is 9.59 Å². The van der Waals surface area contributed by atoms with Crippen LogP contribution in [0.5, 0.6) is 0 Å². The van der Waals surface area contributed by atoms with Crippen molar-refractivity contribution in [3.63, 3.8) is 0 Å². The molecule has 0 bridgehead atoms. The van der Waals surface area contributed by atoms with Crippen LogP contribution in [0, 0.1) is 0 Å². The number of carbonyl (C=O) groups excluding carboxylic acids is 2. The second-order valence-electron chi connectivity index (χ2n) is 4.29. The van der Waals surface area contributed by atoms with Crippen LogP contribution in [0.4, 0.5) is 0 Å². The number of ether oxygens (including phenoxy) is 1. The molecule has 0 aliphatic rings. The lowest BCUT2D eigenvalue weighted by molar-refractivity contribution is -0.121. The van der Waals surface area contributed by atoms with Gasteiger partial charge in [0, 0.05) is 38.7 Å². The lowest BCUT2D eigenvalue weighted by Gasteiger charge is -2.08. The summed E-state index contributed by atoms with van der Waals surface area (Å²) in [6.45, 7) is 2.06. The molecule has 110 valence electrons. The minimum absolute atomic E-state index is 0.0299. The highest BCUT2D eigenvalue weighted by atomic mass is 16.5. The standard InChI is InChI=1S/C14H21N3O3/c1-20-9-8-17-13(18)6-7-16-10-11-4-2-3-5-12(11)14(15)19/h2-5,16H,6-10H2,1H3,(H2,15,19)(H,17,18). The Morgan fingerprint density at radius 3 is 2.70 bits per heavy atom. The molecule has 0 atom stereocenters. The summed E-state index contributed by atoms with van der Waals surface area (Å²) >= 11 is 0. The number of hydrogen-bond donors (Lipinski definition) is 3. The number of nitrogens with one attached hydrogen (secondary N) is 2. The number of rotatable bonds is 9. The van der Waals surface area contributed by atoms with Gasteiger partial charge in [0.15, 0.2) is 0 Å². The number of nitrogens with two attached hydrogens (primary N) is 1. The Morgan fingerprint density at radius 1 is 1.25 bits per heavy atom. The zero-order valence-electron chi connectivity index (χ0n) is 11.6. The van der Waals surface area contributed by atoms with Gasteiger partial charge >= 0.3 is 0 Å². The van der Waals surface area contributed by atoms with E-state index >= 15 is 0 Å². The summed E-state index contributed by atoms with van der Waals surface area (Å²) in [5.41, 5.74) is 6.63. The van der Waals surface area contributed by atoms with Gasteiger partial charge in [-0.15, -0.1) is 0 Å². The second-order valence-corrected chi connectivity index (χ2v) is 4.29. The summed E-state index contributed by atoms with van der Waals surface area (Å²) in [5.74, 6) is -0.475. The molecule has 0 spiro atoms. The fourth-order valence-electron chi connectivity index (χ4n) is 1.72. The molecule has 0 aliphatic carbocycles. The quantitative estimate of drug-likeness (QED) is 0.556. The van der Waals surface area contributed by atoms with E-state index in [4.69, 9.17) is 10.5 Å². The minimum atomic E-state index is -0.445. The molecular formula is C14H21N3O3. The van der Waals surface area contributed by atoms with E-state index in [1.165, 1.54) is 0 Å². The van der Waals surface area contributed by atoms with Crippen LogP contribution in [0.2, 0.25) is 0 Å². The molecule has 20 heavy (non-hydrogen) atoms. The first-order valence-electron chi connectivity index (χ1n) is 6.49. The number of methoxy groups -OCH3 is 1. The van der Waals surface area contributed by atoms with Crippen molar-refractivity contribution in [2.75, 3.05) is 26.8 Å². The van der Waals surface area contributed by atoms with Gasteiger partial charge in [0.2, 0.25) is 11.8 Å². The molecule has 1 rings (SSSR count). The van der Waals surface area contributed by atoms with Crippen molar-refractivity contribution >= 4 is 11.8 Å². The Morgan fingerprint density at radius 2 is 2.00 bits per heavy atom. The third-order valence-electron chi connectivity index (χ3n) is 2.76. The summed E-state index contributed by atoms with van der Waals surface area (Å²) in [7, 11) is 1.59. The monoisotopic (exact) mass is 279 g/mol. The van der Waals surface area contributed by atoms with Crippen LogP contribution in [0.15, 0.2) is 24.3 Å². The van der Waals surface area contributed by atoms with Gasteiger partial charge in [0.1, 0.15) is 0 Å². The fourth-order valence-corrected chi connectivity index (χ4v) is 1.72. The molecule has 4 N–H and O–H groups in total. The molecule has 6 heteroatoms. The predicted octanol–water partition coefficient (Wildman–Crippen LogP) is 0.0278. The van der Waals surface area contributed by atoms with E-state index in [2.05, 4.69) is 10.6 Å². The van der Waals surface area contributed by atoms with E-state index in [9.17, 15) is 9.59 Å². The third kappa shape index (κ3) is 5.81. The van der Waals surface area contributed by atoms with Gasteiger partial charge in [-0.1, -0.05) is 18.2 Å². The maximum Gasteiger partial charge on any atom is 0.249 e. The lowest BCUT2D eigenvalue weighted by Crippen LogP contribution is -2.30. The van der Waals surface area contributed by atoms with Crippen molar-refractivity contribution < 1.29 is 14.3 Å². The normalized spacial score (nSPS) is 10.2. The van der Waals surface area contributed by atoms with Crippen molar-refractivity contribution in [2.45, 2.75) is 13.0 Å². The highest BCUT2D eigenvalue weighted by molar-refractivity contribution is 5.94. The van der Waals surface area contributed by atoms with Crippen LogP contribution in [-0.4, -0.2) is 38.6 Å². The highest BCUT2D eigenvalue weighted by Gasteiger charge is 2.06. The van der Waals surface area contributed by atoms with E-state index < -0.39 is 5.91 Å². The molecule has 0 fully saturated rings. The average molecular weight is 279 g/mol. The molecule has 0 saturated heterocycles. The maximum atomic E-state index is 11.4. The van der Waals surface area contributed by atoms with Crippen molar-refractivity contribution in [1.29, 1.82) is 0 Å². The molecule has 6 nitrogen and oxygen atoms in total. The molecule has 0 aromatic heterocycles. The van der Waals surface area contributed by atoms with E-state index in [-0.39, 0.29) is 5.91 Å². The zero-order valence-corrected chi connectivity index (χ0v) is 11.6. The van der Waals surface area contributed by atoms with Crippen molar-refractivity contribution in [1.82, 2.24) is 10.6 Å². The van der Waals surface area contributed by atoms with Crippen LogP contribution in [0.1, 0.15) is 22.3 Å². The largest absolute Gasteiger partial charge is 0.383 e. The second kappa shape index (κ2) is 9.06. The van der Waals surface area contributed by atoms with E-state index in [1.807, 2.05) is 12.1 Å². The van der Waals surface area contributed by atoms with Crippen molar-refractivity contribution in [3.05, 3.63) is 35.4 Å². The fraction of sp³-hybridized carbons (Fsp3) is 0.429. The van der Waals surface area contributed by atoms with E-state index in [0.29, 0.717) is 38.2 Å². The van der Waals surface area contributed by atoms with Crippen LogP contribution < -0.4 is 16.4 Å². The Kier molecular flexibility index (Phi) is 7.31. The van der Waals surface area contributed by atoms with Crippen LogP contribution in [-0.2, 0) is 16.1 Å². The molecular weight excluding hydrogens is 258 g/mol. The molecule has 0 saturated carbocycles. The maximum absolute atomic E-state index is 11.4. The smallest absolute Gasteiger partial charge is 0.249 e. The summed E-state index contributed by atoms with van der Waals surface area (Å²) < 4.78 is 4.84. The molecule has 0 unspecified atom stereocenters. The molecule has 0 radical (unpaired) electrons. The minimum Gasteiger partial charge on any atom is -0.383 e. The molecule has 0 heterocycles. The number of benzene rings is 1. The number of amides is 2. The number of carbonyl (C=O) groups is 2. The van der Waals surface area contributed by atoms with Gasteiger partial charge in [-0.2, -0.15) is 0 Å². The summed E-state index contributed by atoms with van der Waals surface area (Å²) in [4.78, 5) is 22.7.